The first-order valence-corrected chi connectivity index (χ1v) is 17.7. The maximum atomic E-state index is 14.5. The Morgan fingerprint density at radius 3 is 1.96 bits per heavy atom. The van der Waals surface area contributed by atoms with E-state index in [0.29, 0.717) is 5.69 Å². The Bertz CT molecular complexity index is 1650. The average molecular weight is 644 g/mol. The van der Waals surface area contributed by atoms with Gasteiger partial charge in [0, 0.05) is 23.9 Å². The molecule has 0 aliphatic carbocycles. The van der Waals surface area contributed by atoms with Crippen LogP contribution >= 0.6 is 11.8 Å². The number of rotatable bonds is 14. The molecule has 0 saturated heterocycles. The molecule has 0 radical (unpaired) electrons. The second-order valence-electron chi connectivity index (χ2n) is 11.1. The SMILES string of the molecule is CC[C@@H](C)NC(=O)[C@@H](Cc1ccccc1)N(Cc1ccccc1)C(=O)CN(c1ccc(C)cc1)S(=O)(=O)c1ccc(SC)cc1. The summed E-state index contributed by atoms with van der Waals surface area (Å²) in [5, 5.41) is 3.06. The quantitative estimate of drug-likeness (QED) is 0.159. The summed E-state index contributed by atoms with van der Waals surface area (Å²) in [6.45, 7) is 5.48. The highest BCUT2D eigenvalue weighted by Crippen LogP contribution is 2.27. The fourth-order valence-corrected chi connectivity index (χ4v) is 6.71. The van der Waals surface area contributed by atoms with Crippen molar-refractivity contribution in [3.8, 4) is 0 Å². The number of carbonyl (C=O) groups excluding carboxylic acids is 2. The van der Waals surface area contributed by atoms with Crippen molar-refractivity contribution < 1.29 is 18.0 Å². The van der Waals surface area contributed by atoms with Crippen molar-refractivity contribution >= 4 is 39.3 Å². The van der Waals surface area contributed by atoms with Gasteiger partial charge in [0.2, 0.25) is 11.8 Å². The fraction of sp³-hybridized carbons (Fsp3) is 0.278. The highest BCUT2D eigenvalue weighted by atomic mass is 32.2. The number of hydrogen-bond acceptors (Lipinski definition) is 5. The summed E-state index contributed by atoms with van der Waals surface area (Å²) in [5.74, 6) is -0.765. The Morgan fingerprint density at radius 1 is 0.822 bits per heavy atom. The smallest absolute Gasteiger partial charge is 0.264 e. The van der Waals surface area contributed by atoms with Crippen molar-refractivity contribution in [3.63, 3.8) is 0 Å². The van der Waals surface area contributed by atoms with Crippen molar-refractivity contribution in [2.75, 3.05) is 17.1 Å². The van der Waals surface area contributed by atoms with E-state index in [1.165, 1.54) is 16.7 Å². The highest BCUT2D eigenvalue weighted by Gasteiger charge is 2.35. The van der Waals surface area contributed by atoms with Gasteiger partial charge in [-0.3, -0.25) is 13.9 Å². The zero-order chi connectivity index (χ0) is 32.4. The normalized spacial score (nSPS) is 12.6. The molecule has 0 unspecified atom stereocenters. The topological polar surface area (TPSA) is 86.8 Å². The van der Waals surface area contributed by atoms with Gasteiger partial charge in [-0.05, 0) is 74.0 Å². The predicted molar refractivity (Wildman–Crippen MR) is 183 cm³/mol. The van der Waals surface area contributed by atoms with E-state index >= 15 is 0 Å². The second-order valence-corrected chi connectivity index (χ2v) is 13.8. The van der Waals surface area contributed by atoms with Gasteiger partial charge in [-0.15, -0.1) is 11.8 Å². The number of nitrogens with zero attached hydrogens (tertiary/aromatic N) is 2. The van der Waals surface area contributed by atoms with Gasteiger partial charge in [0.1, 0.15) is 12.6 Å². The van der Waals surface area contributed by atoms with Crippen LogP contribution in [-0.4, -0.2) is 50.0 Å². The summed E-state index contributed by atoms with van der Waals surface area (Å²) in [5.41, 5.74) is 3.05. The maximum Gasteiger partial charge on any atom is 0.264 e. The molecular weight excluding hydrogens is 603 g/mol. The molecule has 2 amide bonds. The molecule has 2 atom stereocenters. The van der Waals surface area contributed by atoms with Crippen molar-refractivity contribution in [3.05, 3.63) is 126 Å². The van der Waals surface area contributed by atoms with Crippen LogP contribution in [0, 0.1) is 6.92 Å². The van der Waals surface area contributed by atoms with Crippen LogP contribution in [-0.2, 0) is 32.6 Å². The van der Waals surface area contributed by atoms with Crippen LogP contribution in [0.4, 0.5) is 5.69 Å². The summed E-state index contributed by atoms with van der Waals surface area (Å²) in [4.78, 5) is 30.9. The van der Waals surface area contributed by atoms with Crippen LogP contribution in [0.3, 0.4) is 0 Å². The van der Waals surface area contributed by atoms with Crippen molar-refractivity contribution in [1.29, 1.82) is 0 Å². The highest BCUT2D eigenvalue weighted by molar-refractivity contribution is 7.98. The predicted octanol–water partition coefficient (Wildman–Crippen LogP) is 6.47. The Balaban J connectivity index is 1.79. The third-order valence-electron chi connectivity index (χ3n) is 7.72. The zero-order valence-electron chi connectivity index (χ0n) is 26.2. The largest absolute Gasteiger partial charge is 0.352 e. The molecule has 0 spiro atoms. The lowest BCUT2D eigenvalue weighted by Gasteiger charge is -2.34. The molecule has 0 saturated carbocycles. The third-order valence-corrected chi connectivity index (χ3v) is 10.2. The molecule has 9 heteroatoms. The molecule has 1 N–H and O–H groups in total. The first-order valence-electron chi connectivity index (χ1n) is 15.0. The van der Waals surface area contributed by atoms with E-state index < -0.39 is 28.5 Å². The number of benzene rings is 4. The van der Waals surface area contributed by atoms with Gasteiger partial charge in [0.25, 0.3) is 10.0 Å². The Morgan fingerprint density at radius 2 is 1.40 bits per heavy atom. The van der Waals surface area contributed by atoms with Crippen molar-refractivity contribution in [1.82, 2.24) is 10.2 Å². The number of nitrogens with one attached hydrogen (secondary N) is 1. The molecule has 0 bridgehead atoms. The standard InChI is InChI=1S/C36H41N3O4S2/c1-5-28(3)37-36(41)34(24-29-12-8-6-9-13-29)38(25-30-14-10-7-11-15-30)35(40)26-39(31-18-16-27(2)17-19-31)45(42,43)33-22-20-32(44-4)21-23-33/h6-23,28,34H,5,24-26H2,1-4H3,(H,37,41)/t28-,34-/m1/s1. The second kappa shape index (κ2) is 15.8. The van der Waals surface area contributed by atoms with E-state index in [0.717, 1.165) is 32.3 Å². The number of sulfonamides is 1. The summed E-state index contributed by atoms with van der Waals surface area (Å²) in [6.07, 6.45) is 2.92. The summed E-state index contributed by atoms with van der Waals surface area (Å²) >= 11 is 1.51. The van der Waals surface area contributed by atoms with Gasteiger partial charge in [-0.1, -0.05) is 85.3 Å². The minimum atomic E-state index is -4.15. The van der Waals surface area contributed by atoms with Crippen LogP contribution in [0.1, 0.15) is 37.0 Å². The van der Waals surface area contributed by atoms with E-state index in [2.05, 4.69) is 5.32 Å². The van der Waals surface area contributed by atoms with Gasteiger partial charge in [-0.25, -0.2) is 8.42 Å². The van der Waals surface area contributed by atoms with Gasteiger partial charge >= 0.3 is 0 Å². The van der Waals surface area contributed by atoms with Crippen LogP contribution in [0.5, 0.6) is 0 Å². The van der Waals surface area contributed by atoms with Crippen LogP contribution < -0.4 is 9.62 Å². The molecule has 236 valence electrons. The molecule has 0 aliphatic heterocycles. The van der Waals surface area contributed by atoms with E-state index in [9.17, 15) is 18.0 Å². The fourth-order valence-electron chi connectivity index (χ4n) is 4.89. The molecule has 4 aromatic carbocycles. The molecule has 0 fully saturated rings. The number of amides is 2. The molecule has 7 nitrogen and oxygen atoms in total. The Hall–Kier alpha value is -4.08. The summed E-state index contributed by atoms with van der Waals surface area (Å²) in [7, 11) is -4.15. The molecule has 0 aliphatic rings. The minimum Gasteiger partial charge on any atom is -0.352 e. The number of carbonyl (C=O) groups is 2. The lowest BCUT2D eigenvalue weighted by molar-refractivity contribution is -0.140. The number of thioether (sulfide) groups is 1. The number of aryl methyl sites for hydroxylation is 1. The molecule has 4 rings (SSSR count). The van der Waals surface area contributed by atoms with E-state index in [-0.39, 0.29) is 29.8 Å². The van der Waals surface area contributed by atoms with Gasteiger partial charge in [0.15, 0.2) is 0 Å². The van der Waals surface area contributed by atoms with Crippen LogP contribution in [0.2, 0.25) is 0 Å². The van der Waals surface area contributed by atoms with Gasteiger partial charge in [0.05, 0.1) is 10.6 Å². The van der Waals surface area contributed by atoms with Crippen LogP contribution in [0.25, 0.3) is 0 Å². The molecule has 0 aromatic heterocycles. The van der Waals surface area contributed by atoms with E-state index in [1.54, 1.807) is 36.4 Å². The van der Waals surface area contributed by atoms with Crippen molar-refractivity contribution in [2.45, 2.75) is 62.0 Å². The average Bonchev–Trinajstić information content (AvgIpc) is 3.06. The molecular formula is C36H41N3O4S2. The van der Waals surface area contributed by atoms with Gasteiger partial charge in [-0.2, -0.15) is 0 Å². The molecule has 0 heterocycles. The number of hydrogen-bond donors (Lipinski definition) is 1. The van der Waals surface area contributed by atoms with Crippen LogP contribution in [0.15, 0.2) is 119 Å². The summed E-state index contributed by atoms with van der Waals surface area (Å²) < 4.78 is 29.5. The number of anilines is 1. The third kappa shape index (κ3) is 8.99. The minimum absolute atomic E-state index is 0.0821. The van der Waals surface area contributed by atoms with E-state index in [4.69, 9.17) is 0 Å². The lowest BCUT2D eigenvalue weighted by Crippen LogP contribution is -2.54. The Kier molecular flexibility index (Phi) is 11.8. The summed E-state index contributed by atoms with van der Waals surface area (Å²) in [6, 6.07) is 31.7. The zero-order valence-corrected chi connectivity index (χ0v) is 27.9. The Labute approximate surface area is 271 Å². The first-order chi connectivity index (χ1) is 21.6. The monoisotopic (exact) mass is 643 g/mol. The lowest BCUT2D eigenvalue weighted by atomic mass is 10.0. The van der Waals surface area contributed by atoms with Gasteiger partial charge < -0.3 is 10.2 Å². The van der Waals surface area contributed by atoms with E-state index in [1.807, 2.05) is 99.8 Å². The molecule has 45 heavy (non-hydrogen) atoms. The maximum absolute atomic E-state index is 14.5. The molecule has 4 aromatic rings. The first kappa shape index (κ1) is 33.8. The van der Waals surface area contributed by atoms with Crippen molar-refractivity contribution in [2.24, 2.45) is 0 Å².